The number of aromatic nitrogens is 2. The Balaban J connectivity index is 0.00000300. The van der Waals surface area contributed by atoms with E-state index in [-0.39, 0.29) is 30.1 Å². The molecule has 1 saturated heterocycles. The van der Waals surface area contributed by atoms with E-state index in [1.807, 2.05) is 49.1 Å². The van der Waals surface area contributed by atoms with Crippen LogP contribution in [0, 0.1) is 5.92 Å². The van der Waals surface area contributed by atoms with Crippen LogP contribution in [0.15, 0.2) is 41.7 Å². The van der Waals surface area contributed by atoms with Crippen LogP contribution in [0.25, 0.3) is 0 Å². The summed E-state index contributed by atoms with van der Waals surface area (Å²) in [4.78, 5) is 7.17. The predicted octanol–water partition coefficient (Wildman–Crippen LogP) is 3.99. The van der Waals surface area contributed by atoms with Crippen molar-refractivity contribution in [1.29, 1.82) is 0 Å². The summed E-state index contributed by atoms with van der Waals surface area (Å²) in [5.74, 6) is 2.38. The number of hydrogen-bond donors (Lipinski definition) is 1. The number of nitrogens with zero attached hydrogens (tertiary/aromatic N) is 4. The Morgan fingerprint density at radius 1 is 1.45 bits per heavy atom. The van der Waals surface area contributed by atoms with Crippen LogP contribution >= 0.6 is 35.6 Å². The van der Waals surface area contributed by atoms with Crippen LogP contribution in [-0.4, -0.2) is 52.9 Å². The molecule has 1 aliphatic heterocycles. The number of ether oxygens (including phenoxy) is 1. The zero-order valence-corrected chi connectivity index (χ0v) is 20.4. The Morgan fingerprint density at radius 2 is 2.28 bits per heavy atom. The third kappa shape index (κ3) is 7.37. The first kappa shape index (κ1) is 23.8. The first-order valence-electron chi connectivity index (χ1n) is 9.96. The maximum atomic E-state index is 6.03. The first-order valence-corrected chi connectivity index (χ1v) is 10.3. The van der Waals surface area contributed by atoms with Crippen LogP contribution in [0.5, 0.6) is 5.75 Å². The maximum Gasteiger partial charge on any atom is 0.194 e. The molecule has 1 aromatic carbocycles. The third-order valence-corrected chi connectivity index (χ3v) is 5.07. The average molecular weight is 532 g/mol. The molecule has 0 saturated carbocycles. The predicted molar refractivity (Wildman–Crippen MR) is 130 cm³/mol. The molecular weight excluding hydrogens is 501 g/mol. The number of nitrogens with one attached hydrogen (secondary N) is 1. The van der Waals surface area contributed by atoms with E-state index in [1.165, 1.54) is 12.0 Å². The summed E-state index contributed by atoms with van der Waals surface area (Å²) in [7, 11) is 1.97. The Kier molecular flexibility index (Phi) is 9.55. The van der Waals surface area contributed by atoms with Gasteiger partial charge in [-0.05, 0) is 56.4 Å². The molecule has 0 spiro atoms. The molecule has 2 unspecified atom stereocenters. The van der Waals surface area contributed by atoms with E-state index in [1.54, 1.807) is 0 Å². The highest BCUT2D eigenvalue weighted by molar-refractivity contribution is 14.0. The van der Waals surface area contributed by atoms with Crippen LogP contribution < -0.4 is 10.1 Å². The van der Waals surface area contributed by atoms with E-state index in [9.17, 15) is 0 Å². The monoisotopic (exact) mass is 531 g/mol. The molecule has 0 radical (unpaired) electrons. The Bertz CT molecular complexity index is 797. The molecule has 1 fully saturated rings. The van der Waals surface area contributed by atoms with Crippen molar-refractivity contribution >= 4 is 41.5 Å². The lowest BCUT2D eigenvalue weighted by Gasteiger charge is -2.22. The number of likely N-dealkylation sites (tertiary alicyclic amines) is 1. The van der Waals surface area contributed by atoms with Gasteiger partial charge in [0.15, 0.2) is 5.96 Å². The Morgan fingerprint density at radius 3 is 2.97 bits per heavy atom. The third-order valence-electron chi connectivity index (χ3n) is 4.83. The largest absolute Gasteiger partial charge is 0.489 e. The van der Waals surface area contributed by atoms with Crippen molar-refractivity contribution in [1.82, 2.24) is 20.0 Å². The van der Waals surface area contributed by atoms with E-state index in [4.69, 9.17) is 21.3 Å². The van der Waals surface area contributed by atoms with E-state index < -0.39 is 0 Å². The van der Waals surface area contributed by atoms with Crippen LogP contribution in [0.2, 0.25) is 5.02 Å². The molecule has 1 aliphatic rings. The van der Waals surface area contributed by atoms with Crippen molar-refractivity contribution in [2.24, 2.45) is 18.0 Å². The van der Waals surface area contributed by atoms with E-state index in [2.05, 4.69) is 28.4 Å². The Labute approximate surface area is 195 Å². The van der Waals surface area contributed by atoms with Crippen LogP contribution in [0.4, 0.5) is 0 Å². The molecule has 160 valence electrons. The van der Waals surface area contributed by atoms with Gasteiger partial charge in [-0.15, -0.1) is 24.0 Å². The van der Waals surface area contributed by atoms with Gasteiger partial charge in [0.2, 0.25) is 0 Å². The molecule has 0 bridgehead atoms. The van der Waals surface area contributed by atoms with Gasteiger partial charge in [-0.2, -0.15) is 5.10 Å². The molecule has 1 aromatic heterocycles. The van der Waals surface area contributed by atoms with E-state index >= 15 is 0 Å². The SMILES string of the molecule is CCNC(=NCC(C)Oc1cccc(Cl)c1)N1CCC(Cc2cnn(C)c2)C1.I. The van der Waals surface area contributed by atoms with Gasteiger partial charge in [0.05, 0.1) is 12.7 Å². The summed E-state index contributed by atoms with van der Waals surface area (Å²) in [6.07, 6.45) is 6.29. The standard InChI is InChI=1S/C21H30ClN5O.HI/c1-4-23-21(24-12-16(2)28-20-7-5-6-19(22)11-20)27-9-8-17(15-27)10-18-13-25-26(3)14-18;/h5-7,11,13-14,16-17H,4,8-10,12,15H2,1-3H3,(H,23,24);1H. The maximum absolute atomic E-state index is 6.03. The second kappa shape index (κ2) is 11.6. The molecule has 0 amide bonds. The van der Waals surface area contributed by atoms with Gasteiger partial charge in [0.1, 0.15) is 11.9 Å². The highest BCUT2D eigenvalue weighted by atomic mass is 127. The van der Waals surface area contributed by atoms with Crippen molar-refractivity contribution in [3.63, 3.8) is 0 Å². The molecule has 1 N–H and O–H groups in total. The van der Waals surface area contributed by atoms with Crippen molar-refractivity contribution in [3.05, 3.63) is 47.2 Å². The number of benzene rings is 1. The Hall–Kier alpha value is -1.48. The van der Waals surface area contributed by atoms with Gasteiger partial charge in [-0.25, -0.2) is 4.99 Å². The van der Waals surface area contributed by atoms with Gasteiger partial charge in [0.25, 0.3) is 0 Å². The van der Waals surface area contributed by atoms with Crippen LogP contribution in [-0.2, 0) is 13.5 Å². The minimum atomic E-state index is -0.0269. The highest BCUT2D eigenvalue weighted by Crippen LogP contribution is 2.21. The van der Waals surface area contributed by atoms with Crippen LogP contribution in [0.3, 0.4) is 0 Å². The lowest BCUT2D eigenvalue weighted by atomic mass is 10.0. The molecule has 6 nitrogen and oxygen atoms in total. The van der Waals surface area contributed by atoms with Crippen molar-refractivity contribution in [2.45, 2.75) is 32.8 Å². The van der Waals surface area contributed by atoms with Gasteiger partial charge in [-0.3, -0.25) is 4.68 Å². The fourth-order valence-electron chi connectivity index (χ4n) is 3.55. The van der Waals surface area contributed by atoms with E-state index in [0.717, 1.165) is 37.8 Å². The van der Waals surface area contributed by atoms with Crippen LogP contribution in [0.1, 0.15) is 25.8 Å². The van der Waals surface area contributed by atoms with E-state index in [0.29, 0.717) is 17.5 Å². The zero-order valence-electron chi connectivity index (χ0n) is 17.3. The quantitative estimate of drug-likeness (QED) is 0.334. The molecule has 2 heterocycles. The molecular formula is C21H31ClIN5O. The fourth-order valence-corrected chi connectivity index (χ4v) is 3.73. The molecule has 8 heteroatoms. The zero-order chi connectivity index (χ0) is 19.9. The summed E-state index contributed by atoms with van der Waals surface area (Å²) in [5, 5.41) is 8.38. The van der Waals surface area contributed by atoms with Gasteiger partial charge in [0, 0.05) is 37.9 Å². The average Bonchev–Trinajstić information content (AvgIpc) is 3.28. The smallest absolute Gasteiger partial charge is 0.194 e. The normalized spacial score (nSPS) is 17.7. The highest BCUT2D eigenvalue weighted by Gasteiger charge is 2.25. The molecule has 2 atom stereocenters. The summed E-state index contributed by atoms with van der Waals surface area (Å²) in [6.45, 7) is 7.63. The van der Waals surface area contributed by atoms with Crippen molar-refractivity contribution in [3.8, 4) is 5.75 Å². The van der Waals surface area contributed by atoms with Gasteiger partial charge < -0.3 is 15.0 Å². The number of rotatable bonds is 7. The summed E-state index contributed by atoms with van der Waals surface area (Å²) < 4.78 is 7.81. The number of guanidine groups is 1. The first-order chi connectivity index (χ1) is 13.5. The fraction of sp³-hybridized carbons (Fsp3) is 0.524. The van der Waals surface area contributed by atoms with Gasteiger partial charge >= 0.3 is 0 Å². The molecule has 29 heavy (non-hydrogen) atoms. The van der Waals surface area contributed by atoms with Crippen molar-refractivity contribution in [2.75, 3.05) is 26.2 Å². The number of aliphatic imine (C=N–C) groups is 1. The number of halogens is 2. The minimum Gasteiger partial charge on any atom is -0.489 e. The topological polar surface area (TPSA) is 54.7 Å². The van der Waals surface area contributed by atoms with Crippen molar-refractivity contribution < 1.29 is 4.74 Å². The number of hydrogen-bond acceptors (Lipinski definition) is 3. The van der Waals surface area contributed by atoms with Gasteiger partial charge in [-0.1, -0.05) is 17.7 Å². The summed E-state index contributed by atoms with van der Waals surface area (Å²) >= 11 is 6.03. The molecule has 0 aliphatic carbocycles. The molecule has 2 aromatic rings. The number of aryl methyl sites for hydroxylation is 1. The lowest BCUT2D eigenvalue weighted by molar-refractivity contribution is 0.229. The summed E-state index contributed by atoms with van der Waals surface area (Å²) in [6, 6.07) is 7.48. The minimum absolute atomic E-state index is 0. The lowest BCUT2D eigenvalue weighted by Crippen LogP contribution is -2.40. The second-order valence-corrected chi connectivity index (χ2v) is 7.84. The molecule has 3 rings (SSSR count). The second-order valence-electron chi connectivity index (χ2n) is 7.41. The summed E-state index contributed by atoms with van der Waals surface area (Å²) in [5.41, 5.74) is 1.31.